The summed E-state index contributed by atoms with van der Waals surface area (Å²) < 4.78 is 5.75. The summed E-state index contributed by atoms with van der Waals surface area (Å²) in [6, 6.07) is 31.1. The van der Waals surface area contributed by atoms with Crippen LogP contribution in [0.1, 0.15) is 20.8 Å². The predicted molar refractivity (Wildman–Crippen MR) is 123 cm³/mol. The molecule has 0 amide bonds. The van der Waals surface area contributed by atoms with E-state index >= 15 is 0 Å². The van der Waals surface area contributed by atoms with Crippen molar-refractivity contribution in [2.75, 3.05) is 6.16 Å². The maximum absolute atomic E-state index is 13.0. The first kappa shape index (κ1) is 22.1. The van der Waals surface area contributed by atoms with E-state index < -0.39 is 12.9 Å². The van der Waals surface area contributed by atoms with Gasteiger partial charge in [0.1, 0.15) is 28.8 Å². The lowest BCUT2D eigenvalue weighted by Crippen LogP contribution is -2.37. The van der Waals surface area contributed by atoms with Gasteiger partial charge in [-0.05, 0) is 57.2 Å². The summed E-state index contributed by atoms with van der Waals surface area (Å²) in [5.41, 5.74) is -0.503. The van der Waals surface area contributed by atoms with E-state index in [1.54, 1.807) is 0 Å². The van der Waals surface area contributed by atoms with Crippen molar-refractivity contribution in [1.29, 1.82) is 0 Å². The van der Waals surface area contributed by atoms with Gasteiger partial charge < -0.3 is 4.74 Å². The molecule has 28 heavy (non-hydrogen) atoms. The van der Waals surface area contributed by atoms with E-state index in [1.807, 2.05) is 75.4 Å². The third kappa shape index (κ3) is 5.01. The highest BCUT2D eigenvalue weighted by atomic mass is 35.5. The number of halogens is 1. The Morgan fingerprint density at radius 3 is 1.32 bits per heavy atom. The lowest BCUT2D eigenvalue weighted by atomic mass is 10.2. The van der Waals surface area contributed by atoms with Crippen LogP contribution in [-0.2, 0) is 9.53 Å². The van der Waals surface area contributed by atoms with Crippen molar-refractivity contribution < 1.29 is 9.53 Å². The average Bonchev–Trinajstić information content (AvgIpc) is 2.67. The van der Waals surface area contributed by atoms with Crippen molar-refractivity contribution in [3.05, 3.63) is 91.0 Å². The zero-order valence-electron chi connectivity index (χ0n) is 16.5. The lowest BCUT2D eigenvalue weighted by Gasteiger charge is -2.28. The molecular weight excluding hydrogens is 387 g/mol. The van der Waals surface area contributed by atoms with Gasteiger partial charge in [-0.2, -0.15) is 0 Å². The van der Waals surface area contributed by atoms with Gasteiger partial charge in [0.15, 0.2) is 6.16 Å². The maximum Gasteiger partial charge on any atom is 0.345 e. The van der Waals surface area contributed by atoms with Gasteiger partial charge in [-0.1, -0.05) is 54.6 Å². The molecule has 0 aliphatic rings. The summed E-state index contributed by atoms with van der Waals surface area (Å²) in [5, 5.41) is 3.56. The molecule has 0 aliphatic heterocycles. The smallest absolute Gasteiger partial charge is 0.345 e. The second kappa shape index (κ2) is 9.37. The Morgan fingerprint density at radius 2 is 1.04 bits per heavy atom. The minimum absolute atomic E-state index is 0. The molecule has 0 aliphatic carbocycles. The van der Waals surface area contributed by atoms with Crippen molar-refractivity contribution in [2.24, 2.45) is 0 Å². The molecule has 3 aromatic rings. The van der Waals surface area contributed by atoms with Crippen LogP contribution in [0.25, 0.3) is 0 Å². The normalized spacial score (nSPS) is 11.4. The van der Waals surface area contributed by atoms with Gasteiger partial charge in [-0.3, -0.25) is 0 Å². The molecule has 0 N–H and O–H groups in total. The fourth-order valence-corrected chi connectivity index (χ4v) is 7.27. The van der Waals surface area contributed by atoms with Gasteiger partial charge in [-0.25, -0.2) is 4.79 Å². The van der Waals surface area contributed by atoms with Crippen LogP contribution < -0.4 is 15.9 Å². The second-order valence-corrected chi connectivity index (χ2v) is 11.0. The van der Waals surface area contributed by atoms with Crippen LogP contribution in [0.3, 0.4) is 0 Å². The molecule has 0 saturated heterocycles. The van der Waals surface area contributed by atoms with E-state index in [4.69, 9.17) is 4.74 Å². The van der Waals surface area contributed by atoms with E-state index in [2.05, 4.69) is 36.4 Å². The van der Waals surface area contributed by atoms with E-state index in [1.165, 1.54) is 15.9 Å². The Morgan fingerprint density at radius 1 is 0.714 bits per heavy atom. The number of hydrogen-bond donors (Lipinski definition) is 0. The molecule has 0 aromatic heterocycles. The Bertz CT molecular complexity index is 778. The number of benzene rings is 3. The van der Waals surface area contributed by atoms with E-state index in [0.717, 1.165) is 0 Å². The zero-order valence-corrected chi connectivity index (χ0v) is 18.3. The first-order chi connectivity index (χ1) is 12.9. The van der Waals surface area contributed by atoms with Gasteiger partial charge in [-0.15, -0.1) is 12.4 Å². The summed E-state index contributed by atoms with van der Waals surface area (Å²) in [4.78, 5) is 13.0. The second-order valence-electron chi connectivity index (χ2n) is 7.56. The minimum atomic E-state index is -2.17. The third-order valence-corrected chi connectivity index (χ3v) is 8.65. The molecule has 0 saturated carbocycles. The molecule has 0 bridgehead atoms. The highest BCUT2D eigenvalue weighted by Crippen LogP contribution is 2.55. The van der Waals surface area contributed by atoms with Crippen molar-refractivity contribution in [2.45, 2.75) is 26.4 Å². The van der Waals surface area contributed by atoms with Gasteiger partial charge in [0.2, 0.25) is 0 Å². The number of hydrogen-bond acceptors (Lipinski definition) is 2. The standard InChI is InChI=1S/C24H26O2P.ClH/c1-24(2,3)26-23(25)19-27(20-13-7-4-8-14-20,21-15-9-5-10-16-21)22-17-11-6-12-18-22;/h4-18H,19H2,1-3H3;1H/q+1;. The van der Waals surface area contributed by atoms with E-state index in [-0.39, 0.29) is 18.4 Å². The number of rotatable bonds is 5. The largest absolute Gasteiger partial charge is 0.457 e. The Hall–Kier alpha value is -2.15. The number of carbonyl (C=O) groups is 1. The number of carbonyl (C=O) groups excluding carboxylic acids is 1. The molecule has 146 valence electrons. The Balaban J connectivity index is 0.00000280. The number of ether oxygens (including phenoxy) is 1. The highest BCUT2D eigenvalue weighted by Gasteiger charge is 2.48. The van der Waals surface area contributed by atoms with Crippen LogP contribution >= 0.6 is 19.7 Å². The van der Waals surface area contributed by atoms with Crippen molar-refractivity contribution in [1.82, 2.24) is 0 Å². The predicted octanol–water partition coefficient (Wildman–Crippen LogP) is 4.74. The summed E-state index contributed by atoms with van der Waals surface area (Å²) in [5.74, 6) is -0.160. The molecule has 4 heteroatoms. The van der Waals surface area contributed by atoms with Gasteiger partial charge >= 0.3 is 5.97 Å². The summed E-state index contributed by atoms with van der Waals surface area (Å²) >= 11 is 0. The highest BCUT2D eigenvalue weighted by molar-refractivity contribution is 7.96. The van der Waals surface area contributed by atoms with Gasteiger partial charge in [0.05, 0.1) is 0 Å². The lowest BCUT2D eigenvalue weighted by molar-refractivity contribution is -0.151. The summed E-state index contributed by atoms with van der Waals surface area (Å²) in [7, 11) is -2.17. The molecule has 0 heterocycles. The molecule has 3 aromatic carbocycles. The topological polar surface area (TPSA) is 26.3 Å². The van der Waals surface area contributed by atoms with Gasteiger partial charge in [0.25, 0.3) is 0 Å². The van der Waals surface area contributed by atoms with Crippen LogP contribution in [0.4, 0.5) is 0 Å². The van der Waals surface area contributed by atoms with Crippen LogP contribution in [0, 0.1) is 0 Å². The van der Waals surface area contributed by atoms with Crippen LogP contribution in [0.2, 0.25) is 0 Å². The fraction of sp³-hybridized carbons (Fsp3) is 0.208. The average molecular weight is 414 g/mol. The zero-order chi connectivity index (χ0) is 19.3. The van der Waals surface area contributed by atoms with Crippen LogP contribution in [0.15, 0.2) is 91.0 Å². The first-order valence-electron chi connectivity index (χ1n) is 9.19. The van der Waals surface area contributed by atoms with E-state index in [9.17, 15) is 4.79 Å². The van der Waals surface area contributed by atoms with E-state index in [0.29, 0.717) is 6.16 Å². The monoisotopic (exact) mass is 413 g/mol. The van der Waals surface area contributed by atoms with Gasteiger partial charge in [0, 0.05) is 0 Å². The number of esters is 1. The van der Waals surface area contributed by atoms with Crippen molar-refractivity contribution in [3.8, 4) is 0 Å². The molecule has 0 unspecified atom stereocenters. The van der Waals surface area contributed by atoms with Crippen molar-refractivity contribution in [3.63, 3.8) is 0 Å². The van der Waals surface area contributed by atoms with Crippen LogP contribution in [-0.4, -0.2) is 17.7 Å². The molecular formula is C24H27ClO2P+. The molecule has 2 nitrogen and oxygen atoms in total. The molecule has 0 spiro atoms. The molecule has 0 radical (unpaired) electrons. The molecule has 3 rings (SSSR count). The SMILES string of the molecule is CC(C)(C)OC(=O)C[P+](c1ccccc1)(c1ccccc1)c1ccccc1.Cl. The minimum Gasteiger partial charge on any atom is -0.457 e. The first-order valence-corrected chi connectivity index (χ1v) is 11.2. The van der Waals surface area contributed by atoms with Crippen LogP contribution in [0.5, 0.6) is 0 Å². The third-order valence-electron chi connectivity index (χ3n) is 4.38. The Kier molecular flexibility index (Phi) is 7.41. The summed E-state index contributed by atoms with van der Waals surface area (Å²) in [6.45, 7) is 5.75. The quantitative estimate of drug-likeness (QED) is 0.446. The molecule has 0 fully saturated rings. The Labute approximate surface area is 174 Å². The fourth-order valence-electron chi connectivity index (χ4n) is 3.34. The maximum atomic E-state index is 13.0. The molecule has 0 atom stereocenters. The summed E-state index contributed by atoms with van der Waals surface area (Å²) in [6.07, 6.45) is 0.350. The van der Waals surface area contributed by atoms with Crippen molar-refractivity contribution >= 4 is 41.6 Å².